The number of rotatable bonds is 6. The SMILES string of the molecule is CNC(=O)C(F)(F)c1nnc(NC(=O)c2cnc(C)cc2-c2c(OC)ccc(Cl)c2F)s1. The highest BCUT2D eigenvalue weighted by atomic mass is 35.5. The van der Waals surface area contributed by atoms with Gasteiger partial charge in [-0.1, -0.05) is 22.9 Å². The van der Waals surface area contributed by atoms with Crippen molar-refractivity contribution in [2.45, 2.75) is 12.8 Å². The van der Waals surface area contributed by atoms with Crippen molar-refractivity contribution in [3.63, 3.8) is 0 Å². The summed E-state index contributed by atoms with van der Waals surface area (Å²) in [4.78, 5) is 28.3. The van der Waals surface area contributed by atoms with Gasteiger partial charge in [0.25, 0.3) is 11.8 Å². The van der Waals surface area contributed by atoms with Crippen molar-refractivity contribution in [2.24, 2.45) is 0 Å². The molecule has 0 aliphatic heterocycles. The second kappa shape index (κ2) is 9.09. The van der Waals surface area contributed by atoms with Crippen molar-refractivity contribution < 1.29 is 27.5 Å². The molecule has 0 bridgehead atoms. The van der Waals surface area contributed by atoms with E-state index in [9.17, 15) is 22.8 Å². The maximum Gasteiger partial charge on any atom is 0.377 e. The molecule has 3 rings (SSSR count). The van der Waals surface area contributed by atoms with Gasteiger partial charge in [-0.05, 0) is 25.1 Å². The van der Waals surface area contributed by atoms with Crippen LogP contribution in [0.5, 0.6) is 5.75 Å². The number of amides is 2. The number of ether oxygens (including phenoxy) is 1. The monoisotopic (exact) mass is 485 g/mol. The largest absolute Gasteiger partial charge is 0.496 e. The molecule has 32 heavy (non-hydrogen) atoms. The molecule has 2 aromatic heterocycles. The normalized spacial score (nSPS) is 11.2. The van der Waals surface area contributed by atoms with Crippen LogP contribution in [0.2, 0.25) is 5.02 Å². The zero-order valence-electron chi connectivity index (χ0n) is 16.8. The molecule has 0 radical (unpaired) electrons. The highest BCUT2D eigenvalue weighted by Crippen LogP contribution is 2.38. The molecule has 3 aromatic rings. The Balaban J connectivity index is 2.01. The van der Waals surface area contributed by atoms with Crippen LogP contribution in [0.3, 0.4) is 0 Å². The minimum Gasteiger partial charge on any atom is -0.496 e. The Morgan fingerprint density at radius 1 is 1.25 bits per heavy atom. The van der Waals surface area contributed by atoms with Gasteiger partial charge in [0, 0.05) is 24.5 Å². The lowest BCUT2D eigenvalue weighted by Gasteiger charge is -2.14. The van der Waals surface area contributed by atoms with Crippen LogP contribution in [0.1, 0.15) is 21.1 Å². The number of benzene rings is 1. The third-order valence-electron chi connectivity index (χ3n) is 4.26. The van der Waals surface area contributed by atoms with E-state index in [1.54, 1.807) is 6.92 Å². The van der Waals surface area contributed by atoms with Gasteiger partial charge in [0.1, 0.15) is 5.75 Å². The summed E-state index contributed by atoms with van der Waals surface area (Å²) in [6.45, 7) is 1.64. The van der Waals surface area contributed by atoms with Gasteiger partial charge in [0.05, 0.1) is 23.3 Å². The Morgan fingerprint density at radius 2 is 1.97 bits per heavy atom. The molecule has 0 unspecified atom stereocenters. The molecule has 0 atom stereocenters. The molecular formula is C19H15ClF3N5O3S. The predicted molar refractivity (Wildman–Crippen MR) is 112 cm³/mol. The average molecular weight is 486 g/mol. The highest BCUT2D eigenvalue weighted by molar-refractivity contribution is 7.15. The number of nitrogens with one attached hydrogen (secondary N) is 2. The summed E-state index contributed by atoms with van der Waals surface area (Å²) < 4.78 is 48.1. The topological polar surface area (TPSA) is 106 Å². The molecule has 168 valence electrons. The Bertz CT molecular complexity index is 1200. The fraction of sp³-hybridized carbons (Fsp3) is 0.211. The van der Waals surface area contributed by atoms with Crippen LogP contribution in [0.4, 0.5) is 18.3 Å². The summed E-state index contributed by atoms with van der Waals surface area (Å²) in [6.07, 6.45) is 1.20. The Labute approximate surface area is 188 Å². The first kappa shape index (κ1) is 23.4. The molecule has 1 aromatic carbocycles. The Morgan fingerprint density at radius 3 is 2.62 bits per heavy atom. The fourth-order valence-corrected chi connectivity index (χ4v) is 3.59. The fourth-order valence-electron chi connectivity index (χ4n) is 2.72. The maximum absolute atomic E-state index is 14.9. The Hall–Kier alpha value is -3.25. The lowest BCUT2D eigenvalue weighted by atomic mass is 9.98. The van der Waals surface area contributed by atoms with Gasteiger partial charge in [0.15, 0.2) is 10.8 Å². The summed E-state index contributed by atoms with van der Waals surface area (Å²) in [6, 6.07) is 4.20. The number of nitrogens with zero attached hydrogens (tertiary/aromatic N) is 3. The second-order valence-electron chi connectivity index (χ2n) is 6.33. The van der Waals surface area contributed by atoms with E-state index in [-0.39, 0.29) is 32.6 Å². The van der Waals surface area contributed by atoms with Crippen LogP contribution < -0.4 is 15.4 Å². The van der Waals surface area contributed by atoms with E-state index in [2.05, 4.69) is 20.5 Å². The number of carbonyl (C=O) groups is 2. The number of halogens is 4. The molecule has 2 heterocycles. The molecule has 0 saturated carbocycles. The third-order valence-corrected chi connectivity index (χ3v) is 5.46. The summed E-state index contributed by atoms with van der Waals surface area (Å²) in [5.41, 5.74) is 0.429. The van der Waals surface area contributed by atoms with E-state index in [4.69, 9.17) is 16.3 Å². The lowest BCUT2D eigenvalue weighted by molar-refractivity contribution is -0.146. The van der Waals surface area contributed by atoms with E-state index in [0.717, 1.165) is 7.05 Å². The number of aryl methyl sites for hydroxylation is 1. The van der Waals surface area contributed by atoms with Crippen molar-refractivity contribution in [3.05, 3.63) is 51.5 Å². The molecule has 13 heteroatoms. The summed E-state index contributed by atoms with van der Waals surface area (Å²) in [7, 11) is 2.38. The van der Waals surface area contributed by atoms with Crippen LogP contribution in [0, 0.1) is 12.7 Å². The average Bonchev–Trinajstić information content (AvgIpc) is 3.24. The minimum atomic E-state index is -3.93. The van der Waals surface area contributed by atoms with Crippen LogP contribution in [0.15, 0.2) is 24.4 Å². The number of carbonyl (C=O) groups excluding carboxylic acids is 2. The second-order valence-corrected chi connectivity index (χ2v) is 7.71. The summed E-state index contributed by atoms with van der Waals surface area (Å²) in [5.74, 6) is -7.01. The van der Waals surface area contributed by atoms with Gasteiger partial charge in [-0.3, -0.25) is 19.9 Å². The molecule has 0 saturated heterocycles. The Kier molecular flexibility index (Phi) is 6.65. The van der Waals surface area contributed by atoms with Crippen LogP contribution in [-0.2, 0) is 10.7 Å². The number of anilines is 1. The van der Waals surface area contributed by atoms with Gasteiger partial charge in [-0.25, -0.2) is 4.39 Å². The van der Waals surface area contributed by atoms with Crippen molar-refractivity contribution in [1.82, 2.24) is 20.5 Å². The van der Waals surface area contributed by atoms with Gasteiger partial charge < -0.3 is 10.1 Å². The van der Waals surface area contributed by atoms with Crippen molar-refractivity contribution >= 4 is 39.9 Å². The summed E-state index contributed by atoms with van der Waals surface area (Å²) >= 11 is 6.23. The van der Waals surface area contributed by atoms with Crippen LogP contribution in [0.25, 0.3) is 11.1 Å². The van der Waals surface area contributed by atoms with E-state index >= 15 is 0 Å². The van der Waals surface area contributed by atoms with Gasteiger partial charge in [0.2, 0.25) is 5.13 Å². The molecule has 0 spiro atoms. The molecule has 0 aliphatic rings. The van der Waals surface area contributed by atoms with Crippen molar-refractivity contribution in [3.8, 4) is 16.9 Å². The van der Waals surface area contributed by atoms with Crippen molar-refractivity contribution in [1.29, 1.82) is 0 Å². The number of alkyl halides is 2. The molecule has 2 amide bonds. The smallest absolute Gasteiger partial charge is 0.377 e. The van der Waals surface area contributed by atoms with E-state index in [0.29, 0.717) is 17.0 Å². The van der Waals surface area contributed by atoms with Gasteiger partial charge in [-0.15, -0.1) is 10.2 Å². The molecule has 2 N–H and O–H groups in total. The van der Waals surface area contributed by atoms with E-state index in [1.165, 1.54) is 31.5 Å². The van der Waals surface area contributed by atoms with E-state index in [1.807, 2.05) is 5.32 Å². The lowest BCUT2D eigenvalue weighted by Crippen LogP contribution is -2.35. The first-order valence-electron chi connectivity index (χ1n) is 8.84. The van der Waals surface area contributed by atoms with E-state index < -0.39 is 28.6 Å². The number of hydrogen-bond acceptors (Lipinski definition) is 7. The highest BCUT2D eigenvalue weighted by Gasteiger charge is 2.44. The first-order valence-corrected chi connectivity index (χ1v) is 10.0. The molecule has 0 fully saturated rings. The van der Waals surface area contributed by atoms with Gasteiger partial charge in [-0.2, -0.15) is 8.78 Å². The number of pyridine rings is 1. The minimum absolute atomic E-state index is 0.0697. The number of methoxy groups -OCH3 is 1. The molecular weight excluding hydrogens is 471 g/mol. The molecule has 8 nitrogen and oxygen atoms in total. The zero-order valence-corrected chi connectivity index (χ0v) is 18.4. The zero-order chi connectivity index (χ0) is 23.6. The van der Waals surface area contributed by atoms with Crippen molar-refractivity contribution in [2.75, 3.05) is 19.5 Å². The van der Waals surface area contributed by atoms with Gasteiger partial charge >= 0.3 is 5.92 Å². The number of aromatic nitrogens is 3. The summed E-state index contributed by atoms with van der Waals surface area (Å²) in [5, 5.41) is 9.52. The number of hydrogen-bond donors (Lipinski definition) is 2. The molecule has 0 aliphatic carbocycles. The van der Waals surface area contributed by atoms with Crippen LogP contribution in [-0.4, -0.2) is 41.2 Å². The van der Waals surface area contributed by atoms with Crippen LogP contribution >= 0.6 is 22.9 Å². The maximum atomic E-state index is 14.9. The third kappa shape index (κ3) is 4.36. The first-order chi connectivity index (χ1) is 15.1. The standard InChI is InChI=1S/C19H15ClF3N5O3S/c1-8-6-9(13-12(31-3)5-4-11(20)14(13)21)10(7-25-8)15(29)26-18-28-27-17(32-18)19(22,23)16(30)24-2/h4-7H,1-3H3,(H,24,30)(H,26,28,29). The quantitative estimate of drug-likeness (QED) is 0.550. The number of likely N-dealkylation sites (N-methyl/N-ethyl adjacent to an activating group) is 1. The predicted octanol–water partition coefficient (Wildman–Crippen LogP) is 3.80.